The molecule has 2 rings (SSSR count). The highest BCUT2D eigenvalue weighted by atomic mass is 16.6. The average molecular weight is 582 g/mol. The summed E-state index contributed by atoms with van der Waals surface area (Å²) in [5, 5.41) is 0. The summed E-state index contributed by atoms with van der Waals surface area (Å²) < 4.78 is 48.5. The number of imide groups is 1. The van der Waals surface area contributed by atoms with Crippen LogP contribution in [-0.4, -0.2) is 142 Å². The molecular formula is C29H43NO11. The van der Waals surface area contributed by atoms with Gasteiger partial charge < -0.3 is 42.6 Å². The van der Waals surface area contributed by atoms with Gasteiger partial charge in [-0.25, -0.2) is 0 Å². The van der Waals surface area contributed by atoms with E-state index in [1.54, 1.807) is 24.3 Å². The molecule has 12 heteroatoms. The minimum atomic E-state index is -0.277. The summed E-state index contributed by atoms with van der Waals surface area (Å²) in [4.78, 5) is 25.8. The van der Waals surface area contributed by atoms with E-state index in [9.17, 15) is 9.59 Å². The van der Waals surface area contributed by atoms with Gasteiger partial charge in [-0.3, -0.25) is 14.5 Å². The van der Waals surface area contributed by atoms with Crippen molar-refractivity contribution in [2.45, 2.75) is 0 Å². The molecule has 230 valence electrons. The Hall–Kier alpha value is -2.44. The monoisotopic (exact) mass is 581 g/mol. The van der Waals surface area contributed by atoms with Gasteiger partial charge in [0.25, 0.3) is 11.8 Å². The van der Waals surface area contributed by atoms with E-state index in [0.717, 1.165) is 0 Å². The Morgan fingerprint density at radius 1 is 0.488 bits per heavy atom. The molecule has 1 aliphatic heterocycles. The molecule has 0 N–H and O–H groups in total. The lowest BCUT2D eigenvalue weighted by Crippen LogP contribution is -2.33. The number of hydrogen-bond acceptors (Lipinski definition) is 11. The van der Waals surface area contributed by atoms with Crippen LogP contribution in [0, 0.1) is 12.3 Å². The molecule has 0 spiro atoms. The maximum absolute atomic E-state index is 12.3. The third kappa shape index (κ3) is 16.0. The summed E-state index contributed by atoms with van der Waals surface area (Å²) in [5.41, 5.74) is 0.885. The Kier molecular flexibility index (Phi) is 20.5. The topological polar surface area (TPSA) is 120 Å². The van der Waals surface area contributed by atoms with Crippen molar-refractivity contribution in [1.82, 2.24) is 4.90 Å². The van der Waals surface area contributed by atoms with E-state index in [-0.39, 0.29) is 25.0 Å². The molecule has 2 amide bonds. The van der Waals surface area contributed by atoms with Gasteiger partial charge in [-0.1, -0.05) is 18.1 Å². The number of terminal acetylenes is 1. The standard InChI is InChI=1S/C29H43NO11/c1-2-8-33-10-12-35-14-16-37-18-20-39-22-24-41-25-23-40-21-19-38-17-15-36-13-11-34-9-7-30-28(31)26-5-3-4-6-27(26)29(30)32/h1,3-6H,7-25H2. The number of fused-ring (bicyclic) bond motifs is 1. The Morgan fingerprint density at radius 3 is 1.10 bits per heavy atom. The number of hydrogen-bond donors (Lipinski definition) is 0. The van der Waals surface area contributed by atoms with Crippen LogP contribution in [0.2, 0.25) is 0 Å². The molecule has 0 aromatic heterocycles. The molecule has 12 nitrogen and oxygen atoms in total. The molecule has 1 aromatic carbocycles. The SMILES string of the molecule is C#CCOCCOCCOCCOCCOCCOCCOCCOCCOCCN1C(=O)c2ccccc2C1=O. The lowest BCUT2D eigenvalue weighted by Gasteiger charge is -2.13. The Labute approximate surface area is 242 Å². The van der Waals surface area contributed by atoms with Crippen LogP contribution in [0.4, 0.5) is 0 Å². The van der Waals surface area contributed by atoms with Gasteiger partial charge in [-0.15, -0.1) is 6.42 Å². The van der Waals surface area contributed by atoms with Crippen LogP contribution in [0.15, 0.2) is 24.3 Å². The second-order valence-corrected chi connectivity index (χ2v) is 8.46. The van der Waals surface area contributed by atoms with E-state index < -0.39 is 0 Å². The lowest BCUT2D eigenvalue weighted by molar-refractivity contribution is -0.0247. The highest BCUT2D eigenvalue weighted by Crippen LogP contribution is 2.21. The number of benzene rings is 1. The van der Waals surface area contributed by atoms with Gasteiger partial charge in [-0.2, -0.15) is 0 Å². The molecule has 0 saturated carbocycles. The first kappa shape index (κ1) is 34.8. The smallest absolute Gasteiger partial charge is 0.261 e. The first-order valence-electron chi connectivity index (χ1n) is 13.8. The second kappa shape index (κ2) is 24.2. The number of carbonyl (C=O) groups is 2. The Morgan fingerprint density at radius 2 is 0.780 bits per heavy atom. The molecule has 0 atom stereocenters. The molecule has 0 saturated heterocycles. The predicted molar refractivity (Wildman–Crippen MR) is 148 cm³/mol. The average Bonchev–Trinajstić information content (AvgIpc) is 3.23. The zero-order chi connectivity index (χ0) is 29.2. The summed E-state index contributed by atoms with van der Waals surface area (Å²) in [6.07, 6.45) is 5.07. The summed E-state index contributed by atoms with van der Waals surface area (Å²) in [6, 6.07) is 6.81. The lowest BCUT2D eigenvalue weighted by atomic mass is 10.1. The number of nitrogens with zero attached hydrogens (tertiary/aromatic N) is 1. The van der Waals surface area contributed by atoms with E-state index in [1.807, 2.05) is 0 Å². The van der Waals surface area contributed by atoms with E-state index in [4.69, 9.17) is 49.1 Å². The normalized spacial score (nSPS) is 12.7. The first-order chi connectivity index (χ1) is 20.3. The molecule has 0 bridgehead atoms. The van der Waals surface area contributed by atoms with Gasteiger partial charge in [-0.05, 0) is 12.1 Å². The van der Waals surface area contributed by atoms with Crippen molar-refractivity contribution in [2.24, 2.45) is 0 Å². The minimum Gasteiger partial charge on any atom is -0.377 e. The summed E-state index contributed by atoms with van der Waals surface area (Å²) in [7, 11) is 0. The molecule has 41 heavy (non-hydrogen) atoms. The molecule has 0 fully saturated rings. The molecule has 0 unspecified atom stereocenters. The third-order valence-electron chi connectivity index (χ3n) is 5.50. The number of ether oxygens (including phenoxy) is 9. The van der Waals surface area contributed by atoms with Crippen molar-refractivity contribution < 1.29 is 52.2 Å². The summed E-state index contributed by atoms with van der Waals surface area (Å²) in [6.45, 7) is 8.30. The predicted octanol–water partition coefficient (Wildman–Crippen LogP) is 1.07. The van der Waals surface area contributed by atoms with Crippen LogP contribution < -0.4 is 0 Å². The Balaban J connectivity index is 1.22. The summed E-state index contributed by atoms with van der Waals surface area (Å²) >= 11 is 0. The van der Waals surface area contributed by atoms with Crippen LogP contribution in [0.5, 0.6) is 0 Å². The fourth-order valence-electron chi connectivity index (χ4n) is 3.49. The Bertz CT molecular complexity index is 842. The number of amides is 2. The quantitative estimate of drug-likeness (QED) is 0.0803. The van der Waals surface area contributed by atoms with E-state index >= 15 is 0 Å². The zero-order valence-corrected chi connectivity index (χ0v) is 23.8. The van der Waals surface area contributed by atoms with Crippen molar-refractivity contribution in [3.05, 3.63) is 35.4 Å². The van der Waals surface area contributed by atoms with Crippen molar-refractivity contribution in [3.8, 4) is 12.3 Å². The van der Waals surface area contributed by atoms with E-state index in [0.29, 0.717) is 123 Å². The van der Waals surface area contributed by atoms with E-state index in [1.165, 1.54) is 4.90 Å². The zero-order valence-electron chi connectivity index (χ0n) is 23.8. The van der Waals surface area contributed by atoms with Gasteiger partial charge in [0.1, 0.15) is 6.61 Å². The van der Waals surface area contributed by atoms with Crippen LogP contribution >= 0.6 is 0 Å². The maximum Gasteiger partial charge on any atom is 0.261 e. The van der Waals surface area contributed by atoms with Crippen LogP contribution in [-0.2, 0) is 42.6 Å². The van der Waals surface area contributed by atoms with Gasteiger partial charge in [0, 0.05) is 0 Å². The van der Waals surface area contributed by atoms with Crippen LogP contribution in [0.3, 0.4) is 0 Å². The minimum absolute atomic E-state index is 0.216. The first-order valence-corrected chi connectivity index (χ1v) is 13.8. The maximum atomic E-state index is 12.3. The second-order valence-electron chi connectivity index (χ2n) is 8.46. The largest absolute Gasteiger partial charge is 0.377 e. The molecule has 1 aromatic rings. The highest BCUT2D eigenvalue weighted by Gasteiger charge is 2.34. The van der Waals surface area contributed by atoms with Gasteiger partial charge >= 0.3 is 0 Å². The van der Waals surface area contributed by atoms with E-state index in [2.05, 4.69) is 5.92 Å². The van der Waals surface area contributed by atoms with Crippen LogP contribution in [0.1, 0.15) is 20.7 Å². The molecule has 1 aliphatic rings. The van der Waals surface area contributed by atoms with Crippen LogP contribution in [0.25, 0.3) is 0 Å². The highest BCUT2D eigenvalue weighted by molar-refractivity contribution is 6.21. The molecule has 0 aliphatic carbocycles. The molecular weight excluding hydrogens is 538 g/mol. The molecule has 1 heterocycles. The molecule has 0 radical (unpaired) electrons. The summed E-state index contributed by atoms with van der Waals surface area (Å²) in [5.74, 6) is 1.84. The number of carbonyl (C=O) groups excluding carboxylic acids is 2. The third-order valence-corrected chi connectivity index (χ3v) is 5.50. The van der Waals surface area contributed by atoms with Crippen molar-refractivity contribution in [2.75, 3.05) is 125 Å². The van der Waals surface area contributed by atoms with Gasteiger partial charge in [0.05, 0.1) is 130 Å². The fraction of sp³-hybridized carbons (Fsp3) is 0.655. The van der Waals surface area contributed by atoms with Gasteiger partial charge in [0.15, 0.2) is 0 Å². The fourth-order valence-corrected chi connectivity index (χ4v) is 3.49. The van der Waals surface area contributed by atoms with Crippen molar-refractivity contribution in [1.29, 1.82) is 0 Å². The van der Waals surface area contributed by atoms with Crippen molar-refractivity contribution >= 4 is 11.8 Å². The van der Waals surface area contributed by atoms with Crippen molar-refractivity contribution in [3.63, 3.8) is 0 Å². The number of rotatable bonds is 28. The van der Waals surface area contributed by atoms with Gasteiger partial charge in [0.2, 0.25) is 0 Å².